The lowest BCUT2D eigenvalue weighted by Gasteiger charge is -2.25. The number of benzene rings is 1. The van der Waals surface area contributed by atoms with E-state index in [-0.39, 0.29) is 11.8 Å². The van der Waals surface area contributed by atoms with Gasteiger partial charge in [0, 0.05) is 45.1 Å². The Balaban J connectivity index is 1.59. The van der Waals surface area contributed by atoms with Crippen LogP contribution in [-0.4, -0.2) is 66.6 Å². The summed E-state index contributed by atoms with van der Waals surface area (Å²) in [7, 11) is 1.62. The molecule has 2 aliphatic heterocycles. The topological polar surface area (TPSA) is 70.1 Å². The van der Waals surface area contributed by atoms with Crippen LogP contribution in [0.3, 0.4) is 0 Å². The monoisotopic (exact) mass is 358 g/mol. The van der Waals surface area contributed by atoms with Crippen molar-refractivity contribution in [3.05, 3.63) is 42.5 Å². The van der Waals surface area contributed by atoms with Gasteiger partial charge in [0.15, 0.2) is 0 Å². The number of carboxylic acids is 1. The van der Waals surface area contributed by atoms with Crippen LogP contribution in [0.25, 0.3) is 0 Å². The minimum Gasteiger partial charge on any atom is -0.497 e. The van der Waals surface area contributed by atoms with E-state index >= 15 is 0 Å². The van der Waals surface area contributed by atoms with E-state index in [2.05, 4.69) is 11.5 Å². The van der Waals surface area contributed by atoms with E-state index in [1.54, 1.807) is 18.1 Å². The van der Waals surface area contributed by atoms with Gasteiger partial charge in [-0.05, 0) is 24.1 Å². The molecule has 0 unspecified atom stereocenters. The van der Waals surface area contributed by atoms with Gasteiger partial charge in [0.2, 0.25) is 5.91 Å². The summed E-state index contributed by atoms with van der Waals surface area (Å²) in [6.07, 6.45) is 2.84. The van der Waals surface area contributed by atoms with Gasteiger partial charge in [-0.3, -0.25) is 14.5 Å². The molecule has 26 heavy (non-hydrogen) atoms. The third kappa shape index (κ3) is 3.46. The van der Waals surface area contributed by atoms with Gasteiger partial charge in [-0.15, -0.1) is 6.58 Å². The fraction of sp³-hybridized carbons (Fsp3) is 0.500. The number of likely N-dealkylation sites (tertiary alicyclic amines) is 2. The van der Waals surface area contributed by atoms with E-state index in [4.69, 9.17) is 4.74 Å². The maximum Gasteiger partial charge on any atom is 0.313 e. The van der Waals surface area contributed by atoms with Crippen molar-refractivity contribution in [3.8, 4) is 5.75 Å². The predicted molar refractivity (Wildman–Crippen MR) is 98.1 cm³/mol. The molecule has 0 aromatic heterocycles. The first kappa shape index (κ1) is 18.5. The molecule has 2 fully saturated rings. The maximum absolute atomic E-state index is 12.6. The molecule has 2 heterocycles. The van der Waals surface area contributed by atoms with Gasteiger partial charge in [0.1, 0.15) is 11.2 Å². The van der Waals surface area contributed by atoms with Crippen LogP contribution in [0.4, 0.5) is 0 Å². The highest BCUT2D eigenvalue weighted by Crippen LogP contribution is 2.43. The summed E-state index contributed by atoms with van der Waals surface area (Å²) in [5, 5.41) is 9.81. The molecule has 3 rings (SSSR count). The molecule has 1 N–H and O–H groups in total. The van der Waals surface area contributed by atoms with Gasteiger partial charge in [-0.2, -0.15) is 0 Å². The average molecular weight is 358 g/mol. The summed E-state index contributed by atoms with van der Waals surface area (Å²) in [4.78, 5) is 28.4. The number of ether oxygens (including phenoxy) is 1. The number of fused-ring (bicyclic) bond motifs is 1. The Kier molecular flexibility index (Phi) is 5.32. The third-order valence-electron chi connectivity index (χ3n) is 5.63. The number of methoxy groups -OCH3 is 1. The minimum absolute atomic E-state index is 0.00936. The largest absolute Gasteiger partial charge is 0.497 e. The van der Waals surface area contributed by atoms with Crippen molar-refractivity contribution >= 4 is 11.9 Å². The smallest absolute Gasteiger partial charge is 0.313 e. The highest BCUT2D eigenvalue weighted by atomic mass is 16.5. The van der Waals surface area contributed by atoms with Crippen LogP contribution in [0.5, 0.6) is 5.75 Å². The van der Waals surface area contributed by atoms with Crippen LogP contribution in [0.2, 0.25) is 0 Å². The summed E-state index contributed by atoms with van der Waals surface area (Å²) >= 11 is 0. The van der Waals surface area contributed by atoms with Crippen molar-refractivity contribution < 1.29 is 19.4 Å². The quantitative estimate of drug-likeness (QED) is 0.751. The Morgan fingerprint density at radius 1 is 1.31 bits per heavy atom. The first-order chi connectivity index (χ1) is 12.5. The van der Waals surface area contributed by atoms with Crippen LogP contribution >= 0.6 is 0 Å². The van der Waals surface area contributed by atoms with Crippen molar-refractivity contribution in [2.24, 2.45) is 11.3 Å². The highest BCUT2D eigenvalue weighted by molar-refractivity contribution is 5.82. The minimum atomic E-state index is -0.835. The molecule has 1 aromatic carbocycles. The number of rotatable bonds is 7. The Morgan fingerprint density at radius 2 is 2.04 bits per heavy atom. The van der Waals surface area contributed by atoms with Crippen LogP contribution in [0, 0.1) is 11.3 Å². The Morgan fingerprint density at radius 3 is 2.62 bits per heavy atom. The Bertz CT molecular complexity index is 688. The second-order valence-electron chi connectivity index (χ2n) is 7.26. The highest BCUT2D eigenvalue weighted by Gasteiger charge is 2.58. The van der Waals surface area contributed by atoms with Gasteiger partial charge >= 0.3 is 5.97 Å². The lowest BCUT2D eigenvalue weighted by molar-refractivity contribution is -0.149. The summed E-state index contributed by atoms with van der Waals surface area (Å²) in [5.74, 6) is 0.0236. The summed E-state index contributed by atoms with van der Waals surface area (Å²) in [6, 6.07) is 7.68. The predicted octanol–water partition coefficient (Wildman–Crippen LogP) is 1.66. The molecule has 0 aliphatic carbocycles. The summed E-state index contributed by atoms with van der Waals surface area (Å²) < 4.78 is 5.14. The first-order valence-corrected chi connectivity index (χ1v) is 8.96. The summed E-state index contributed by atoms with van der Waals surface area (Å²) in [6.45, 7) is 6.46. The number of hydrogen-bond acceptors (Lipinski definition) is 4. The molecule has 0 saturated carbocycles. The number of amides is 1. The standard InChI is InChI=1S/C20H26N2O4/c1-3-10-21-11-16-12-22(14-20(16,13-21)19(24)25)18(23)9-6-15-4-7-17(26-2)8-5-15/h3-5,7-8,16H,1,6,9-14H2,2H3,(H,24,25)/t16-,20-/m1/s1. The SMILES string of the molecule is C=CCN1C[C@@H]2CN(C(=O)CCc3ccc(OC)cc3)C[C@]2(C(=O)O)C1. The van der Waals surface area contributed by atoms with Crippen LogP contribution in [-0.2, 0) is 16.0 Å². The number of nitrogens with zero attached hydrogens (tertiary/aromatic N) is 2. The molecule has 0 bridgehead atoms. The molecule has 2 aliphatic rings. The molecular formula is C20H26N2O4. The van der Waals surface area contributed by atoms with Crippen LogP contribution in [0.1, 0.15) is 12.0 Å². The van der Waals surface area contributed by atoms with Crippen molar-refractivity contribution in [2.75, 3.05) is 39.8 Å². The van der Waals surface area contributed by atoms with Crippen molar-refractivity contribution in [3.63, 3.8) is 0 Å². The third-order valence-corrected chi connectivity index (χ3v) is 5.63. The maximum atomic E-state index is 12.6. The van der Waals surface area contributed by atoms with Gasteiger partial charge in [0.05, 0.1) is 7.11 Å². The molecule has 140 valence electrons. The molecule has 6 nitrogen and oxygen atoms in total. The first-order valence-electron chi connectivity index (χ1n) is 8.96. The van der Waals surface area contributed by atoms with E-state index in [0.717, 1.165) is 11.3 Å². The van der Waals surface area contributed by atoms with Crippen molar-refractivity contribution in [1.29, 1.82) is 0 Å². The number of carbonyl (C=O) groups is 2. The Hall–Kier alpha value is -2.34. The lowest BCUT2D eigenvalue weighted by atomic mass is 9.81. The normalized spacial score (nSPS) is 25.1. The second-order valence-corrected chi connectivity index (χ2v) is 7.26. The molecule has 1 amide bonds. The van der Waals surface area contributed by atoms with Gasteiger partial charge < -0.3 is 14.7 Å². The summed E-state index contributed by atoms with van der Waals surface area (Å²) in [5.41, 5.74) is 0.238. The molecule has 0 spiro atoms. The fourth-order valence-corrected chi connectivity index (χ4v) is 4.18. The van der Waals surface area contributed by atoms with Gasteiger partial charge in [0.25, 0.3) is 0 Å². The van der Waals surface area contributed by atoms with Gasteiger partial charge in [-0.25, -0.2) is 0 Å². The van der Waals surface area contributed by atoms with Crippen LogP contribution < -0.4 is 4.74 Å². The molecule has 1 aromatic rings. The number of aliphatic carboxylic acids is 1. The molecule has 2 saturated heterocycles. The van der Waals surface area contributed by atoms with E-state index in [9.17, 15) is 14.7 Å². The molecule has 0 radical (unpaired) electrons. The molecule has 6 heteroatoms. The number of carboxylic acid groups (broad SMARTS) is 1. The van der Waals surface area contributed by atoms with E-state index in [0.29, 0.717) is 45.6 Å². The second kappa shape index (κ2) is 7.50. The number of carbonyl (C=O) groups excluding carboxylic acids is 1. The number of aryl methyl sites for hydroxylation is 1. The van der Waals surface area contributed by atoms with Crippen LogP contribution in [0.15, 0.2) is 36.9 Å². The lowest BCUT2D eigenvalue weighted by Crippen LogP contribution is -2.42. The van der Waals surface area contributed by atoms with Crippen molar-refractivity contribution in [1.82, 2.24) is 9.80 Å². The zero-order chi connectivity index (χ0) is 18.7. The zero-order valence-electron chi connectivity index (χ0n) is 15.2. The van der Waals surface area contributed by atoms with Crippen molar-refractivity contribution in [2.45, 2.75) is 12.8 Å². The zero-order valence-corrected chi connectivity index (χ0v) is 15.2. The Labute approximate surface area is 154 Å². The van der Waals surface area contributed by atoms with E-state index in [1.165, 1.54) is 0 Å². The fourth-order valence-electron chi connectivity index (χ4n) is 4.18. The average Bonchev–Trinajstić information content (AvgIpc) is 3.15. The number of hydrogen-bond donors (Lipinski definition) is 1. The van der Waals surface area contributed by atoms with Gasteiger partial charge in [-0.1, -0.05) is 18.2 Å². The molecule has 2 atom stereocenters. The molecular weight excluding hydrogens is 332 g/mol. The van der Waals surface area contributed by atoms with E-state index in [1.807, 2.05) is 24.3 Å². The van der Waals surface area contributed by atoms with E-state index < -0.39 is 11.4 Å².